The van der Waals surface area contributed by atoms with Crippen molar-refractivity contribution in [3.05, 3.63) is 35.4 Å². The lowest BCUT2D eigenvalue weighted by molar-refractivity contribution is 0.0696. The lowest BCUT2D eigenvalue weighted by Gasteiger charge is -2.04. The van der Waals surface area contributed by atoms with Crippen molar-refractivity contribution in [2.75, 3.05) is 6.61 Å². The van der Waals surface area contributed by atoms with E-state index in [4.69, 9.17) is 9.84 Å². The highest BCUT2D eigenvalue weighted by Crippen LogP contribution is 2.07. The van der Waals surface area contributed by atoms with E-state index in [0.29, 0.717) is 12.2 Å². The molecule has 1 aromatic rings. The number of rotatable bonds is 9. The molecule has 0 atom stereocenters. The van der Waals surface area contributed by atoms with Crippen molar-refractivity contribution in [3.63, 3.8) is 0 Å². The van der Waals surface area contributed by atoms with Gasteiger partial charge >= 0.3 is 5.97 Å². The Labute approximate surface area is 109 Å². The molecule has 1 N–H and O–H groups in total. The van der Waals surface area contributed by atoms with Gasteiger partial charge in [-0.25, -0.2) is 4.79 Å². The van der Waals surface area contributed by atoms with E-state index in [2.05, 4.69) is 6.92 Å². The van der Waals surface area contributed by atoms with E-state index in [1.54, 1.807) is 24.3 Å². The Morgan fingerprint density at radius 2 is 1.78 bits per heavy atom. The zero-order valence-electron chi connectivity index (χ0n) is 11.0. The number of carboxylic acid groups (broad SMARTS) is 1. The van der Waals surface area contributed by atoms with Gasteiger partial charge in [0.2, 0.25) is 0 Å². The Kier molecular flexibility index (Phi) is 7.11. The quantitative estimate of drug-likeness (QED) is 0.677. The largest absolute Gasteiger partial charge is 0.478 e. The van der Waals surface area contributed by atoms with Crippen LogP contribution in [0.25, 0.3) is 0 Å². The summed E-state index contributed by atoms with van der Waals surface area (Å²) in [5.74, 6) is -0.890. The van der Waals surface area contributed by atoms with E-state index >= 15 is 0 Å². The second-order valence-corrected chi connectivity index (χ2v) is 4.47. The summed E-state index contributed by atoms with van der Waals surface area (Å²) in [5, 5.41) is 8.76. The molecular formula is C15H22O3. The smallest absolute Gasteiger partial charge is 0.335 e. The van der Waals surface area contributed by atoms with Crippen LogP contribution in [0.4, 0.5) is 0 Å². The first-order valence-corrected chi connectivity index (χ1v) is 6.64. The molecule has 0 bridgehead atoms. The number of hydrogen-bond acceptors (Lipinski definition) is 2. The summed E-state index contributed by atoms with van der Waals surface area (Å²) in [6, 6.07) is 6.84. The minimum atomic E-state index is -0.890. The predicted octanol–water partition coefficient (Wildman–Crippen LogP) is 3.87. The Morgan fingerprint density at radius 3 is 2.39 bits per heavy atom. The minimum absolute atomic E-state index is 0.318. The Morgan fingerprint density at radius 1 is 1.11 bits per heavy atom. The van der Waals surface area contributed by atoms with Crippen LogP contribution in [-0.4, -0.2) is 17.7 Å². The standard InChI is InChI=1S/C15H22O3/c1-2-3-4-5-6-11-18-12-13-7-9-14(10-8-13)15(16)17/h7-10H,2-6,11-12H2,1H3,(H,16,17). The van der Waals surface area contributed by atoms with Crippen LogP contribution in [0.15, 0.2) is 24.3 Å². The van der Waals surface area contributed by atoms with Crippen LogP contribution in [0.1, 0.15) is 54.9 Å². The topological polar surface area (TPSA) is 46.5 Å². The third kappa shape index (κ3) is 5.82. The van der Waals surface area contributed by atoms with Crippen LogP contribution in [-0.2, 0) is 11.3 Å². The Bertz CT molecular complexity index is 343. The molecule has 0 aromatic heterocycles. The third-order valence-corrected chi connectivity index (χ3v) is 2.86. The molecule has 0 saturated carbocycles. The number of aromatic carboxylic acids is 1. The number of benzene rings is 1. The van der Waals surface area contributed by atoms with Gasteiger partial charge in [0.25, 0.3) is 0 Å². The molecule has 1 rings (SSSR count). The summed E-state index contributed by atoms with van der Waals surface area (Å²) in [6.07, 6.45) is 6.18. The molecule has 0 fully saturated rings. The maximum Gasteiger partial charge on any atom is 0.335 e. The molecule has 3 nitrogen and oxygen atoms in total. The van der Waals surface area contributed by atoms with Gasteiger partial charge in [-0.1, -0.05) is 44.7 Å². The fraction of sp³-hybridized carbons (Fsp3) is 0.533. The van der Waals surface area contributed by atoms with Gasteiger partial charge in [-0.2, -0.15) is 0 Å². The van der Waals surface area contributed by atoms with Gasteiger partial charge in [0.05, 0.1) is 12.2 Å². The second-order valence-electron chi connectivity index (χ2n) is 4.47. The van der Waals surface area contributed by atoms with Crippen LogP contribution in [0.2, 0.25) is 0 Å². The predicted molar refractivity (Wildman–Crippen MR) is 71.8 cm³/mol. The van der Waals surface area contributed by atoms with Gasteiger partial charge in [0, 0.05) is 6.61 Å². The van der Waals surface area contributed by atoms with E-state index in [1.165, 1.54) is 25.7 Å². The molecular weight excluding hydrogens is 228 g/mol. The van der Waals surface area contributed by atoms with Crippen molar-refractivity contribution < 1.29 is 14.6 Å². The van der Waals surface area contributed by atoms with Crippen molar-refractivity contribution in [2.24, 2.45) is 0 Å². The first-order valence-electron chi connectivity index (χ1n) is 6.64. The van der Waals surface area contributed by atoms with Crippen LogP contribution in [0.5, 0.6) is 0 Å². The molecule has 0 saturated heterocycles. The molecule has 18 heavy (non-hydrogen) atoms. The van der Waals surface area contributed by atoms with E-state index in [-0.39, 0.29) is 0 Å². The number of unbranched alkanes of at least 4 members (excludes halogenated alkanes) is 4. The van der Waals surface area contributed by atoms with E-state index in [0.717, 1.165) is 18.6 Å². The van der Waals surface area contributed by atoms with Crippen molar-refractivity contribution in [1.29, 1.82) is 0 Å². The van der Waals surface area contributed by atoms with E-state index in [9.17, 15) is 4.79 Å². The van der Waals surface area contributed by atoms with Gasteiger partial charge in [0.15, 0.2) is 0 Å². The van der Waals surface area contributed by atoms with Crippen LogP contribution in [0.3, 0.4) is 0 Å². The summed E-state index contributed by atoms with van der Waals surface area (Å²) in [6.45, 7) is 3.55. The zero-order valence-corrected chi connectivity index (χ0v) is 11.0. The highest BCUT2D eigenvalue weighted by molar-refractivity contribution is 5.87. The summed E-state index contributed by atoms with van der Waals surface area (Å²) in [5.41, 5.74) is 1.34. The molecule has 0 unspecified atom stereocenters. The number of ether oxygens (including phenoxy) is 1. The SMILES string of the molecule is CCCCCCCOCc1ccc(C(=O)O)cc1. The van der Waals surface area contributed by atoms with Gasteiger partial charge < -0.3 is 9.84 Å². The van der Waals surface area contributed by atoms with Crippen LogP contribution >= 0.6 is 0 Å². The maximum atomic E-state index is 10.7. The number of hydrogen-bond donors (Lipinski definition) is 1. The molecule has 0 heterocycles. The molecule has 0 amide bonds. The zero-order chi connectivity index (χ0) is 13.2. The molecule has 0 radical (unpaired) electrons. The lowest BCUT2D eigenvalue weighted by atomic mass is 10.1. The van der Waals surface area contributed by atoms with Crippen LogP contribution < -0.4 is 0 Å². The average Bonchev–Trinajstić information content (AvgIpc) is 2.38. The van der Waals surface area contributed by atoms with E-state index in [1.807, 2.05) is 0 Å². The van der Waals surface area contributed by atoms with E-state index < -0.39 is 5.97 Å². The van der Waals surface area contributed by atoms with Crippen molar-refractivity contribution in [3.8, 4) is 0 Å². The fourth-order valence-corrected chi connectivity index (χ4v) is 1.74. The second kappa shape index (κ2) is 8.70. The van der Waals surface area contributed by atoms with Crippen molar-refractivity contribution in [2.45, 2.75) is 45.6 Å². The molecule has 0 aliphatic rings. The molecule has 0 aliphatic carbocycles. The van der Waals surface area contributed by atoms with Gasteiger partial charge in [-0.15, -0.1) is 0 Å². The Hall–Kier alpha value is -1.35. The summed E-state index contributed by atoms with van der Waals surface area (Å²) >= 11 is 0. The third-order valence-electron chi connectivity index (χ3n) is 2.86. The normalized spacial score (nSPS) is 10.5. The van der Waals surface area contributed by atoms with Gasteiger partial charge in [0.1, 0.15) is 0 Å². The first-order chi connectivity index (χ1) is 8.74. The average molecular weight is 250 g/mol. The lowest BCUT2D eigenvalue weighted by Crippen LogP contribution is -1.98. The number of carboxylic acids is 1. The minimum Gasteiger partial charge on any atom is -0.478 e. The maximum absolute atomic E-state index is 10.7. The first kappa shape index (κ1) is 14.7. The highest BCUT2D eigenvalue weighted by atomic mass is 16.5. The summed E-state index contributed by atoms with van der Waals surface area (Å²) in [7, 11) is 0. The summed E-state index contributed by atoms with van der Waals surface area (Å²) < 4.78 is 5.55. The molecule has 0 spiro atoms. The summed E-state index contributed by atoms with van der Waals surface area (Å²) in [4.78, 5) is 10.7. The molecule has 3 heteroatoms. The van der Waals surface area contributed by atoms with Crippen molar-refractivity contribution >= 4 is 5.97 Å². The fourth-order valence-electron chi connectivity index (χ4n) is 1.74. The van der Waals surface area contributed by atoms with Gasteiger partial charge in [-0.3, -0.25) is 0 Å². The van der Waals surface area contributed by atoms with Crippen molar-refractivity contribution in [1.82, 2.24) is 0 Å². The monoisotopic (exact) mass is 250 g/mol. The molecule has 100 valence electrons. The number of carbonyl (C=O) groups is 1. The highest BCUT2D eigenvalue weighted by Gasteiger charge is 2.01. The molecule has 0 aliphatic heterocycles. The molecule has 1 aromatic carbocycles. The van der Waals surface area contributed by atoms with Gasteiger partial charge in [-0.05, 0) is 24.1 Å². The van der Waals surface area contributed by atoms with Crippen LogP contribution in [0, 0.1) is 0 Å². The Balaban J connectivity index is 2.14.